The number of piperazine rings is 1. The van der Waals surface area contributed by atoms with Crippen molar-refractivity contribution in [3.05, 3.63) is 94.0 Å². The van der Waals surface area contributed by atoms with Crippen LogP contribution in [0.1, 0.15) is 20.8 Å². The number of carbonyl (C=O) groups excluding carboxylic acids is 2. The first-order chi connectivity index (χ1) is 17.9. The monoisotopic (exact) mass is 538 g/mol. The van der Waals surface area contributed by atoms with E-state index < -0.39 is 11.7 Å². The topological polar surface area (TPSA) is 92.2 Å². The van der Waals surface area contributed by atoms with Gasteiger partial charge in [0.1, 0.15) is 17.3 Å². The van der Waals surface area contributed by atoms with E-state index in [9.17, 15) is 14.0 Å². The second-order valence-corrected chi connectivity index (χ2v) is 9.12. The van der Waals surface area contributed by atoms with Gasteiger partial charge in [0, 0.05) is 44.0 Å². The highest BCUT2D eigenvalue weighted by Gasteiger charge is 2.24. The van der Waals surface area contributed by atoms with Gasteiger partial charge in [-0.3, -0.25) is 14.6 Å². The summed E-state index contributed by atoms with van der Waals surface area (Å²) in [4.78, 5) is 32.3. The number of carbonyl (C=O) groups is 2. The summed E-state index contributed by atoms with van der Waals surface area (Å²) in [7, 11) is 0. The number of halogens is 3. The normalized spacial score (nSPS) is 13.4. The van der Waals surface area contributed by atoms with E-state index in [2.05, 4.69) is 20.7 Å². The van der Waals surface area contributed by atoms with Crippen molar-refractivity contribution >= 4 is 40.8 Å². The van der Waals surface area contributed by atoms with E-state index in [1.54, 1.807) is 17.0 Å². The molecule has 8 nitrogen and oxygen atoms in total. The van der Waals surface area contributed by atoms with Gasteiger partial charge in [-0.05, 0) is 36.4 Å². The summed E-state index contributed by atoms with van der Waals surface area (Å²) in [5.74, 6) is -1.14. The predicted octanol–water partition coefficient (Wildman–Crippen LogP) is 4.68. The number of pyridine rings is 1. The molecule has 1 fully saturated rings. The van der Waals surface area contributed by atoms with E-state index in [0.29, 0.717) is 31.9 Å². The van der Waals surface area contributed by atoms with Crippen LogP contribution in [0.2, 0.25) is 10.0 Å². The molecular weight excluding hydrogens is 518 g/mol. The zero-order valence-electron chi connectivity index (χ0n) is 19.4. The van der Waals surface area contributed by atoms with E-state index in [-0.39, 0.29) is 44.3 Å². The van der Waals surface area contributed by atoms with Crippen LogP contribution in [0, 0.1) is 5.82 Å². The highest BCUT2D eigenvalue weighted by molar-refractivity contribution is 6.38. The number of amides is 2. The number of benzene rings is 2. The average Bonchev–Trinajstić information content (AvgIpc) is 3.33. The Morgan fingerprint density at radius 3 is 2.46 bits per heavy atom. The molecule has 0 radical (unpaired) electrons. The second-order valence-electron chi connectivity index (χ2n) is 8.30. The molecule has 0 spiro atoms. The number of rotatable bonds is 5. The third-order valence-electron chi connectivity index (χ3n) is 5.89. The van der Waals surface area contributed by atoms with Crippen molar-refractivity contribution in [1.82, 2.24) is 25.0 Å². The molecular formula is C26H21Cl2FN6O2. The van der Waals surface area contributed by atoms with Gasteiger partial charge in [0.25, 0.3) is 11.8 Å². The van der Waals surface area contributed by atoms with Crippen LogP contribution in [0.3, 0.4) is 0 Å². The molecule has 1 aliphatic heterocycles. The molecule has 2 amide bonds. The van der Waals surface area contributed by atoms with Crippen molar-refractivity contribution in [1.29, 1.82) is 0 Å². The van der Waals surface area contributed by atoms with Gasteiger partial charge < -0.3 is 15.5 Å². The lowest BCUT2D eigenvalue weighted by atomic mass is 10.1. The summed E-state index contributed by atoms with van der Waals surface area (Å²) < 4.78 is 15.9. The van der Waals surface area contributed by atoms with Crippen molar-refractivity contribution in [3.8, 4) is 16.9 Å². The molecule has 5 rings (SSSR count). The Hall–Kier alpha value is -3.79. The number of hydrogen-bond donors (Lipinski definition) is 2. The lowest BCUT2D eigenvalue weighted by molar-refractivity contribution is 0.0729. The molecule has 2 aromatic heterocycles. The van der Waals surface area contributed by atoms with Gasteiger partial charge in [-0.2, -0.15) is 5.10 Å². The molecule has 2 aromatic carbocycles. The van der Waals surface area contributed by atoms with Gasteiger partial charge >= 0.3 is 0 Å². The summed E-state index contributed by atoms with van der Waals surface area (Å²) in [6.07, 6.45) is 1.43. The molecule has 37 heavy (non-hydrogen) atoms. The summed E-state index contributed by atoms with van der Waals surface area (Å²) in [6.45, 7) is 2.52. The number of para-hydroxylation sites is 1. The molecule has 0 aliphatic carbocycles. The molecule has 1 saturated heterocycles. The number of hydrogen-bond acceptors (Lipinski definition) is 5. The van der Waals surface area contributed by atoms with E-state index in [1.807, 2.05) is 18.2 Å². The van der Waals surface area contributed by atoms with Gasteiger partial charge in [-0.1, -0.05) is 41.4 Å². The molecule has 0 unspecified atom stereocenters. The van der Waals surface area contributed by atoms with Gasteiger partial charge in [0.05, 0.1) is 21.3 Å². The fourth-order valence-electron chi connectivity index (χ4n) is 4.04. The van der Waals surface area contributed by atoms with Crippen molar-refractivity contribution in [2.24, 2.45) is 0 Å². The molecule has 1 aliphatic rings. The summed E-state index contributed by atoms with van der Waals surface area (Å²) in [6, 6.07) is 16.1. The van der Waals surface area contributed by atoms with Crippen molar-refractivity contribution < 1.29 is 14.0 Å². The first kappa shape index (κ1) is 24.9. The first-order valence-electron chi connectivity index (χ1n) is 11.5. The van der Waals surface area contributed by atoms with E-state index in [1.165, 1.54) is 41.2 Å². The van der Waals surface area contributed by atoms with Crippen LogP contribution in [0.4, 0.5) is 10.2 Å². The Labute approximate surface area is 222 Å². The Balaban J connectivity index is 1.51. The highest BCUT2D eigenvalue weighted by atomic mass is 35.5. The SMILES string of the molecule is O=C(Nc1cc(C(=O)N2CCNCC2)nn1-c1ccccc1)c1cc(-c2ncccc2F)c(Cl)cc1Cl. The minimum atomic E-state index is -0.587. The van der Waals surface area contributed by atoms with Gasteiger partial charge in [-0.25, -0.2) is 9.07 Å². The molecule has 0 atom stereocenters. The Bertz CT molecular complexity index is 1470. The summed E-state index contributed by atoms with van der Waals surface area (Å²) in [5, 5.41) is 10.7. The lowest BCUT2D eigenvalue weighted by Crippen LogP contribution is -2.46. The number of aromatic nitrogens is 3. The van der Waals surface area contributed by atoms with Crippen LogP contribution >= 0.6 is 23.2 Å². The van der Waals surface area contributed by atoms with Crippen LogP contribution in [0.5, 0.6) is 0 Å². The van der Waals surface area contributed by atoms with Gasteiger partial charge in [0.2, 0.25) is 0 Å². The van der Waals surface area contributed by atoms with Crippen molar-refractivity contribution in [3.63, 3.8) is 0 Å². The minimum absolute atomic E-state index is 0.00329. The van der Waals surface area contributed by atoms with Gasteiger partial charge in [-0.15, -0.1) is 0 Å². The Kier molecular flexibility index (Phi) is 7.18. The van der Waals surface area contributed by atoms with Crippen LogP contribution in [-0.2, 0) is 0 Å². The molecule has 0 bridgehead atoms. The van der Waals surface area contributed by atoms with Crippen LogP contribution in [0.25, 0.3) is 16.9 Å². The quantitative estimate of drug-likeness (QED) is 0.385. The molecule has 11 heteroatoms. The van der Waals surface area contributed by atoms with Crippen molar-refractivity contribution in [2.45, 2.75) is 0 Å². The fraction of sp³-hybridized carbons (Fsp3) is 0.154. The zero-order chi connectivity index (χ0) is 25.9. The van der Waals surface area contributed by atoms with E-state index in [4.69, 9.17) is 23.2 Å². The molecule has 3 heterocycles. The minimum Gasteiger partial charge on any atom is -0.335 e. The van der Waals surface area contributed by atoms with Crippen LogP contribution < -0.4 is 10.6 Å². The largest absolute Gasteiger partial charge is 0.335 e. The van der Waals surface area contributed by atoms with Gasteiger partial charge in [0.15, 0.2) is 5.69 Å². The fourth-order valence-corrected chi connectivity index (χ4v) is 4.60. The van der Waals surface area contributed by atoms with E-state index in [0.717, 1.165) is 0 Å². The van der Waals surface area contributed by atoms with Crippen LogP contribution in [0.15, 0.2) is 66.9 Å². The maximum absolute atomic E-state index is 14.4. The highest BCUT2D eigenvalue weighted by Crippen LogP contribution is 2.33. The summed E-state index contributed by atoms with van der Waals surface area (Å²) >= 11 is 12.7. The Morgan fingerprint density at radius 2 is 1.73 bits per heavy atom. The second kappa shape index (κ2) is 10.7. The molecule has 188 valence electrons. The zero-order valence-corrected chi connectivity index (χ0v) is 20.9. The average molecular weight is 539 g/mol. The maximum atomic E-state index is 14.4. The smallest absolute Gasteiger partial charge is 0.274 e. The molecule has 0 saturated carbocycles. The standard InChI is InChI=1S/C26H21Cl2FN6O2/c27-19-14-20(28)18(13-17(19)24-21(29)7-4-8-31-24)25(36)32-23-15-22(26(37)34-11-9-30-10-12-34)33-35(23)16-5-2-1-3-6-16/h1-8,13-15,30H,9-12H2,(H,32,36). The maximum Gasteiger partial charge on any atom is 0.274 e. The summed E-state index contributed by atoms with van der Waals surface area (Å²) in [5.41, 5.74) is 1.12. The number of nitrogens with zero attached hydrogens (tertiary/aromatic N) is 4. The third-order valence-corrected chi connectivity index (χ3v) is 6.52. The molecule has 4 aromatic rings. The predicted molar refractivity (Wildman–Crippen MR) is 140 cm³/mol. The Morgan fingerprint density at radius 1 is 0.973 bits per heavy atom. The van der Waals surface area contributed by atoms with E-state index >= 15 is 0 Å². The number of nitrogens with one attached hydrogen (secondary N) is 2. The molecule has 2 N–H and O–H groups in total. The third kappa shape index (κ3) is 5.20. The van der Waals surface area contributed by atoms with Crippen molar-refractivity contribution in [2.75, 3.05) is 31.5 Å². The number of anilines is 1. The first-order valence-corrected chi connectivity index (χ1v) is 12.2. The lowest BCUT2D eigenvalue weighted by Gasteiger charge is -2.26. The van der Waals surface area contributed by atoms with Crippen LogP contribution in [-0.4, -0.2) is 57.7 Å².